The minimum absolute atomic E-state index is 0.211. The minimum atomic E-state index is -1.54. The molecule has 0 fully saturated rings. The Kier molecular flexibility index (Phi) is 3.11. The third kappa shape index (κ3) is 2.16. The lowest BCUT2D eigenvalue weighted by Crippen LogP contribution is -2.51. The summed E-state index contributed by atoms with van der Waals surface area (Å²) in [5.41, 5.74) is 4.32. The molecule has 0 aromatic carbocycles. The van der Waals surface area contributed by atoms with E-state index in [1.165, 1.54) is 20.1 Å². The van der Waals surface area contributed by atoms with E-state index in [2.05, 4.69) is 9.89 Å². The molecule has 0 aliphatic rings. The number of carbonyl (C=O) groups excluding carboxylic acids is 1. The highest BCUT2D eigenvalue weighted by Gasteiger charge is 2.40. The van der Waals surface area contributed by atoms with Crippen molar-refractivity contribution >= 4 is 5.97 Å². The SMILES string of the molecule is COC(=O)[C@@](C)(N)C(O)c1cc(C)on1. The second-order valence-corrected chi connectivity index (χ2v) is 3.54. The second kappa shape index (κ2) is 4.00. The Morgan fingerprint density at radius 1 is 1.80 bits per heavy atom. The van der Waals surface area contributed by atoms with Crippen molar-refractivity contribution in [3.8, 4) is 0 Å². The van der Waals surface area contributed by atoms with Gasteiger partial charge in [0, 0.05) is 6.07 Å². The fourth-order valence-corrected chi connectivity index (χ4v) is 1.15. The number of methoxy groups -OCH3 is 1. The van der Waals surface area contributed by atoms with E-state index in [1.807, 2.05) is 0 Å². The average Bonchev–Trinajstić information content (AvgIpc) is 2.62. The largest absolute Gasteiger partial charge is 0.468 e. The van der Waals surface area contributed by atoms with Crippen LogP contribution in [0, 0.1) is 6.92 Å². The van der Waals surface area contributed by atoms with Gasteiger partial charge in [0.1, 0.15) is 23.1 Å². The van der Waals surface area contributed by atoms with Crippen LogP contribution in [0.25, 0.3) is 0 Å². The molecule has 1 aromatic heterocycles. The molecule has 0 spiro atoms. The Morgan fingerprint density at radius 3 is 2.80 bits per heavy atom. The molecule has 2 atom stereocenters. The van der Waals surface area contributed by atoms with Crippen LogP contribution in [-0.4, -0.2) is 28.9 Å². The lowest BCUT2D eigenvalue weighted by Gasteiger charge is -2.25. The Balaban J connectivity index is 2.93. The van der Waals surface area contributed by atoms with E-state index in [0.29, 0.717) is 5.76 Å². The van der Waals surface area contributed by atoms with E-state index in [-0.39, 0.29) is 5.69 Å². The first-order chi connectivity index (χ1) is 6.89. The summed E-state index contributed by atoms with van der Waals surface area (Å²) in [6.45, 7) is 3.04. The van der Waals surface area contributed by atoms with Gasteiger partial charge < -0.3 is 20.1 Å². The number of aliphatic hydroxyl groups is 1. The summed E-state index contributed by atoms with van der Waals surface area (Å²) in [4.78, 5) is 11.3. The zero-order chi connectivity index (χ0) is 11.6. The summed E-state index contributed by atoms with van der Waals surface area (Å²) in [5, 5.41) is 13.4. The third-order valence-corrected chi connectivity index (χ3v) is 2.12. The van der Waals surface area contributed by atoms with Gasteiger partial charge in [-0.15, -0.1) is 0 Å². The predicted molar refractivity (Wildman–Crippen MR) is 50.8 cm³/mol. The van der Waals surface area contributed by atoms with Crippen LogP contribution in [0.5, 0.6) is 0 Å². The number of rotatable bonds is 3. The van der Waals surface area contributed by atoms with Crippen LogP contribution in [0.4, 0.5) is 0 Å². The summed E-state index contributed by atoms with van der Waals surface area (Å²) >= 11 is 0. The number of nitrogens with zero attached hydrogens (tertiary/aromatic N) is 1. The van der Waals surface area contributed by atoms with E-state index < -0.39 is 17.6 Å². The molecule has 6 heteroatoms. The highest BCUT2D eigenvalue weighted by Crippen LogP contribution is 2.24. The number of nitrogens with two attached hydrogens (primary N) is 1. The average molecular weight is 214 g/mol. The normalized spacial score (nSPS) is 16.9. The van der Waals surface area contributed by atoms with E-state index in [4.69, 9.17) is 10.3 Å². The van der Waals surface area contributed by atoms with Gasteiger partial charge in [0.25, 0.3) is 0 Å². The van der Waals surface area contributed by atoms with E-state index >= 15 is 0 Å². The van der Waals surface area contributed by atoms with Crippen LogP contribution in [-0.2, 0) is 9.53 Å². The molecule has 0 aliphatic carbocycles. The zero-order valence-corrected chi connectivity index (χ0v) is 8.85. The van der Waals surface area contributed by atoms with Gasteiger partial charge >= 0.3 is 5.97 Å². The predicted octanol–water partition coefficient (Wildman–Crippen LogP) is -0.0932. The highest BCUT2D eigenvalue weighted by atomic mass is 16.5. The monoisotopic (exact) mass is 214 g/mol. The standard InChI is InChI=1S/C9H14N2O4/c1-5-4-6(11-15-5)7(12)9(2,10)8(13)14-3/h4,7,12H,10H2,1-3H3/t7?,9-/m0/s1. The fraction of sp³-hybridized carbons (Fsp3) is 0.556. The Morgan fingerprint density at radius 2 is 2.40 bits per heavy atom. The van der Waals surface area contributed by atoms with Crippen molar-refractivity contribution in [1.82, 2.24) is 5.16 Å². The van der Waals surface area contributed by atoms with Crippen molar-refractivity contribution in [3.05, 3.63) is 17.5 Å². The van der Waals surface area contributed by atoms with Crippen molar-refractivity contribution in [2.45, 2.75) is 25.5 Å². The molecule has 1 rings (SSSR count). The molecule has 0 bridgehead atoms. The highest BCUT2D eigenvalue weighted by molar-refractivity contribution is 5.80. The number of hydrogen-bond acceptors (Lipinski definition) is 6. The smallest absolute Gasteiger partial charge is 0.328 e. The molecule has 0 saturated carbocycles. The van der Waals surface area contributed by atoms with Gasteiger partial charge in [0.2, 0.25) is 0 Å². The molecule has 6 nitrogen and oxygen atoms in total. The molecular weight excluding hydrogens is 200 g/mol. The van der Waals surface area contributed by atoms with E-state index in [1.54, 1.807) is 6.92 Å². The van der Waals surface area contributed by atoms with E-state index in [9.17, 15) is 9.90 Å². The fourth-order valence-electron chi connectivity index (χ4n) is 1.15. The topological polar surface area (TPSA) is 98.6 Å². The van der Waals surface area contributed by atoms with Gasteiger partial charge in [0.15, 0.2) is 0 Å². The summed E-state index contributed by atoms with van der Waals surface area (Å²) in [6, 6.07) is 1.51. The molecule has 84 valence electrons. The maximum absolute atomic E-state index is 11.3. The molecule has 0 saturated heterocycles. The lowest BCUT2D eigenvalue weighted by molar-refractivity contribution is -0.151. The lowest BCUT2D eigenvalue weighted by atomic mass is 9.94. The van der Waals surface area contributed by atoms with Crippen molar-refractivity contribution in [3.63, 3.8) is 0 Å². The molecule has 1 heterocycles. The number of aliphatic hydroxyl groups excluding tert-OH is 1. The first kappa shape index (κ1) is 11.7. The van der Waals surface area contributed by atoms with Gasteiger partial charge in [-0.25, -0.2) is 4.79 Å². The maximum atomic E-state index is 11.3. The van der Waals surface area contributed by atoms with Gasteiger partial charge in [-0.3, -0.25) is 0 Å². The van der Waals surface area contributed by atoms with Gasteiger partial charge in [0.05, 0.1) is 7.11 Å². The molecule has 15 heavy (non-hydrogen) atoms. The Bertz CT molecular complexity index is 359. The summed E-state index contributed by atoms with van der Waals surface area (Å²) < 4.78 is 9.26. The van der Waals surface area contributed by atoms with E-state index in [0.717, 1.165) is 0 Å². The number of ether oxygens (including phenoxy) is 1. The van der Waals surface area contributed by atoms with Crippen LogP contribution in [0.15, 0.2) is 10.6 Å². The molecular formula is C9H14N2O4. The summed E-state index contributed by atoms with van der Waals surface area (Å²) in [6.07, 6.45) is -1.26. The van der Waals surface area contributed by atoms with Crippen LogP contribution < -0.4 is 5.73 Å². The molecule has 0 amide bonds. The third-order valence-electron chi connectivity index (χ3n) is 2.12. The number of esters is 1. The molecule has 3 N–H and O–H groups in total. The number of aromatic nitrogens is 1. The van der Waals surface area contributed by atoms with Gasteiger partial charge in [-0.2, -0.15) is 0 Å². The molecule has 0 aliphatic heterocycles. The molecule has 1 unspecified atom stereocenters. The van der Waals surface area contributed by atoms with Crippen LogP contribution in [0.1, 0.15) is 24.5 Å². The van der Waals surface area contributed by atoms with Crippen molar-refractivity contribution in [2.75, 3.05) is 7.11 Å². The first-order valence-corrected chi connectivity index (χ1v) is 4.38. The number of hydrogen-bond donors (Lipinski definition) is 2. The zero-order valence-electron chi connectivity index (χ0n) is 8.85. The van der Waals surface area contributed by atoms with Gasteiger partial charge in [-0.1, -0.05) is 5.16 Å². The number of carbonyl (C=O) groups is 1. The molecule has 0 radical (unpaired) electrons. The van der Waals surface area contributed by atoms with Crippen LogP contribution in [0.3, 0.4) is 0 Å². The quantitative estimate of drug-likeness (QED) is 0.682. The maximum Gasteiger partial charge on any atom is 0.328 e. The van der Waals surface area contributed by atoms with Crippen LogP contribution >= 0.6 is 0 Å². The number of aryl methyl sites for hydroxylation is 1. The second-order valence-electron chi connectivity index (χ2n) is 3.54. The Labute approximate surface area is 87.0 Å². The van der Waals surface area contributed by atoms with Crippen molar-refractivity contribution in [2.24, 2.45) is 5.73 Å². The summed E-state index contributed by atoms with van der Waals surface area (Å²) in [7, 11) is 1.20. The minimum Gasteiger partial charge on any atom is -0.468 e. The van der Waals surface area contributed by atoms with Crippen LogP contribution in [0.2, 0.25) is 0 Å². The Hall–Kier alpha value is -1.40. The van der Waals surface area contributed by atoms with Crippen molar-refractivity contribution < 1.29 is 19.2 Å². The molecule has 1 aromatic rings. The first-order valence-electron chi connectivity index (χ1n) is 4.38. The van der Waals surface area contributed by atoms with Gasteiger partial charge in [-0.05, 0) is 13.8 Å². The summed E-state index contributed by atoms with van der Waals surface area (Å²) in [5.74, 6) is -0.180. The van der Waals surface area contributed by atoms with Crippen molar-refractivity contribution in [1.29, 1.82) is 0 Å².